The topological polar surface area (TPSA) is 87.8 Å². The van der Waals surface area contributed by atoms with Gasteiger partial charge in [-0.25, -0.2) is 0 Å². The molecule has 0 fully saturated rings. The molecule has 4 N–H and O–H groups in total. The van der Waals surface area contributed by atoms with Gasteiger partial charge in [0, 0.05) is 23.5 Å². The Balaban J connectivity index is 1.99. The molecular weight excluding hydrogens is 240 g/mol. The molecule has 2 aromatic heterocycles. The number of rotatable bonds is 2. The Kier molecular flexibility index (Phi) is 2.64. The van der Waals surface area contributed by atoms with Crippen LogP contribution in [0.15, 0.2) is 48.8 Å². The first-order chi connectivity index (χ1) is 9.24. The number of phenols is 1. The molecule has 0 aliphatic heterocycles. The summed E-state index contributed by atoms with van der Waals surface area (Å²) < 4.78 is 0. The summed E-state index contributed by atoms with van der Waals surface area (Å²) in [5, 5.41) is 16.8. The van der Waals surface area contributed by atoms with Gasteiger partial charge >= 0.3 is 0 Å². The lowest BCUT2D eigenvalue weighted by molar-refractivity contribution is 0.478. The first-order valence-corrected chi connectivity index (χ1v) is 5.79. The summed E-state index contributed by atoms with van der Waals surface area (Å²) in [4.78, 5) is 4.06. The monoisotopic (exact) mass is 252 g/mol. The fourth-order valence-electron chi connectivity index (χ4n) is 1.84. The van der Waals surface area contributed by atoms with Crippen molar-refractivity contribution in [3.63, 3.8) is 0 Å². The predicted molar refractivity (Wildman–Crippen MR) is 73.3 cm³/mol. The quantitative estimate of drug-likeness (QED) is 0.483. The highest BCUT2D eigenvalue weighted by Crippen LogP contribution is 2.28. The molecule has 0 atom stereocenters. The van der Waals surface area contributed by atoms with Crippen LogP contribution in [0, 0.1) is 0 Å². The normalized spacial score (nSPS) is 10.5. The number of anilines is 1. The lowest BCUT2D eigenvalue weighted by atomic mass is 10.1. The average molecular weight is 252 g/mol. The number of phenolic OH excluding ortho intramolecular Hbond substituents is 1. The maximum Gasteiger partial charge on any atom is 0.139 e. The van der Waals surface area contributed by atoms with Gasteiger partial charge in [-0.1, -0.05) is 6.07 Å². The third-order valence-corrected chi connectivity index (χ3v) is 2.88. The van der Waals surface area contributed by atoms with E-state index >= 15 is 0 Å². The molecule has 3 rings (SSSR count). The second-order valence-corrected chi connectivity index (χ2v) is 4.18. The van der Waals surface area contributed by atoms with Crippen LogP contribution in [0.2, 0.25) is 0 Å². The van der Waals surface area contributed by atoms with Gasteiger partial charge in [0.15, 0.2) is 0 Å². The van der Waals surface area contributed by atoms with Crippen LogP contribution in [0.5, 0.6) is 5.75 Å². The zero-order valence-electron chi connectivity index (χ0n) is 10.0. The number of nitrogens with two attached hydrogens (primary N) is 1. The Morgan fingerprint density at radius 2 is 2.00 bits per heavy atom. The molecule has 0 amide bonds. The van der Waals surface area contributed by atoms with Crippen molar-refractivity contribution in [2.75, 3.05) is 5.73 Å². The maximum absolute atomic E-state index is 9.62. The maximum atomic E-state index is 9.62. The third kappa shape index (κ3) is 2.13. The zero-order valence-corrected chi connectivity index (χ0v) is 10.0. The molecular formula is C14H12N4O. The molecule has 0 bridgehead atoms. The third-order valence-electron chi connectivity index (χ3n) is 2.88. The molecule has 0 spiro atoms. The molecule has 5 nitrogen and oxygen atoms in total. The number of aromatic nitrogens is 3. The molecule has 5 heteroatoms. The van der Waals surface area contributed by atoms with Crippen molar-refractivity contribution in [2.45, 2.75) is 0 Å². The van der Waals surface area contributed by atoms with Gasteiger partial charge in [0.05, 0.1) is 17.1 Å². The highest BCUT2D eigenvalue weighted by molar-refractivity contribution is 5.71. The molecule has 0 radical (unpaired) electrons. The largest absolute Gasteiger partial charge is 0.506 e. The number of hydrogen-bond acceptors (Lipinski definition) is 4. The van der Waals surface area contributed by atoms with Crippen molar-refractivity contribution in [1.82, 2.24) is 15.2 Å². The van der Waals surface area contributed by atoms with E-state index < -0.39 is 0 Å². The van der Waals surface area contributed by atoms with Crippen molar-refractivity contribution in [1.29, 1.82) is 0 Å². The fraction of sp³-hybridized carbons (Fsp3) is 0. The lowest BCUT2D eigenvalue weighted by Crippen LogP contribution is -1.86. The average Bonchev–Trinajstić information content (AvgIpc) is 2.93. The Bertz CT molecular complexity index is 706. The molecule has 1 aromatic carbocycles. The van der Waals surface area contributed by atoms with E-state index in [0.717, 1.165) is 22.5 Å². The zero-order chi connectivity index (χ0) is 13.2. The molecule has 0 aliphatic rings. The van der Waals surface area contributed by atoms with Crippen molar-refractivity contribution in [3.8, 4) is 28.3 Å². The van der Waals surface area contributed by atoms with Crippen LogP contribution in [0.4, 0.5) is 5.69 Å². The SMILES string of the molecule is Nc1ccc(-c2cc(-c3cccnc3)n[nH]2)cc1O. The Hall–Kier alpha value is -2.82. The highest BCUT2D eigenvalue weighted by atomic mass is 16.3. The van der Waals surface area contributed by atoms with Crippen LogP contribution in [0.3, 0.4) is 0 Å². The summed E-state index contributed by atoms with van der Waals surface area (Å²) in [6, 6.07) is 10.8. The van der Waals surface area contributed by atoms with E-state index in [9.17, 15) is 5.11 Å². The number of pyridine rings is 1. The molecule has 0 unspecified atom stereocenters. The van der Waals surface area contributed by atoms with E-state index in [-0.39, 0.29) is 5.75 Å². The molecule has 19 heavy (non-hydrogen) atoms. The Morgan fingerprint density at radius 1 is 1.11 bits per heavy atom. The van der Waals surface area contributed by atoms with Gasteiger partial charge < -0.3 is 10.8 Å². The van der Waals surface area contributed by atoms with E-state index in [1.807, 2.05) is 24.3 Å². The summed E-state index contributed by atoms with van der Waals surface area (Å²) in [5.41, 5.74) is 9.32. The summed E-state index contributed by atoms with van der Waals surface area (Å²) in [7, 11) is 0. The first-order valence-electron chi connectivity index (χ1n) is 5.79. The van der Waals surface area contributed by atoms with Crippen LogP contribution >= 0.6 is 0 Å². The lowest BCUT2D eigenvalue weighted by Gasteiger charge is -2.01. The van der Waals surface area contributed by atoms with Crippen molar-refractivity contribution in [2.24, 2.45) is 0 Å². The van der Waals surface area contributed by atoms with Crippen LogP contribution in [0.1, 0.15) is 0 Å². The number of H-pyrrole nitrogens is 1. The van der Waals surface area contributed by atoms with Gasteiger partial charge in [0.1, 0.15) is 5.75 Å². The molecule has 2 heterocycles. The Morgan fingerprint density at radius 3 is 2.74 bits per heavy atom. The van der Waals surface area contributed by atoms with Crippen LogP contribution in [0.25, 0.3) is 22.5 Å². The minimum Gasteiger partial charge on any atom is -0.506 e. The van der Waals surface area contributed by atoms with E-state index in [1.165, 1.54) is 0 Å². The van der Waals surface area contributed by atoms with Gasteiger partial charge in [-0.15, -0.1) is 0 Å². The van der Waals surface area contributed by atoms with Crippen LogP contribution in [-0.2, 0) is 0 Å². The van der Waals surface area contributed by atoms with Gasteiger partial charge in [-0.05, 0) is 30.3 Å². The van der Waals surface area contributed by atoms with E-state index in [2.05, 4.69) is 15.2 Å². The number of aromatic hydroxyl groups is 1. The second-order valence-electron chi connectivity index (χ2n) is 4.18. The summed E-state index contributed by atoms with van der Waals surface area (Å²) >= 11 is 0. The minimum absolute atomic E-state index is 0.0648. The van der Waals surface area contributed by atoms with Crippen LogP contribution in [-0.4, -0.2) is 20.3 Å². The smallest absolute Gasteiger partial charge is 0.139 e. The van der Waals surface area contributed by atoms with Gasteiger partial charge in [0.25, 0.3) is 0 Å². The summed E-state index contributed by atoms with van der Waals surface area (Å²) in [6.45, 7) is 0. The molecule has 3 aromatic rings. The number of benzene rings is 1. The van der Waals surface area contributed by atoms with Crippen molar-refractivity contribution >= 4 is 5.69 Å². The summed E-state index contributed by atoms with van der Waals surface area (Å²) in [6.07, 6.45) is 3.47. The van der Waals surface area contributed by atoms with Gasteiger partial charge in [0.2, 0.25) is 0 Å². The number of hydrogen-bond donors (Lipinski definition) is 3. The minimum atomic E-state index is 0.0648. The first kappa shape index (κ1) is 11.3. The van der Waals surface area contributed by atoms with Crippen molar-refractivity contribution < 1.29 is 5.11 Å². The number of aromatic amines is 1. The number of nitrogens with one attached hydrogen (secondary N) is 1. The van der Waals surface area contributed by atoms with E-state index in [0.29, 0.717) is 5.69 Å². The van der Waals surface area contributed by atoms with Gasteiger partial charge in [-0.3, -0.25) is 10.1 Å². The molecule has 0 saturated carbocycles. The number of nitrogen functional groups attached to an aromatic ring is 1. The van der Waals surface area contributed by atoms with Crippen LogP contribution < -0.4 is 5.73 Å². The fourth-order valence-corrected chi connectivity index (χ4v) is 1.84. The standard InChI is InChI=1S/C14H12N4O/c15-11-4-3-9(6-14(11)19)12-7-13(18-17-12)10-2-1-5-16-8-10/h1-8,19H,15H2,(H,17,18). The summed E-state index contributed by atoms with van der Waals surface area (Å²) in [5.74, 6) is 0.0648. The van der Waals surface area contributed by atoms with E-state index in [1.54, 1.807) is 24.5 Å². The van der Waals surface area contributed by atoms with Crippen molar-refractivity contribution in [3.05, 3.63) is 48.8 Å². The van der Waals surface area contributed by atoms with Gasteiger partial charge in [-0.2, -0.15) is 5.10 Å². The molecule has 0 aliphatic carbocycles. The second kappa shape index (κ2) is 4.45. The highest BCUT2D eigenvalue weighted by Gasteiger charge is 2.07. The Labute approximate surface area is 109 Å². The van der Waals surface area contributed by atoms with E-state index in [4.69, 9.17) is 5.73 Å². The number of nitrogens with zero attached hydrogens (tertiary/aromatic N) is 2. The molecule has 0 saturated heterocycles. The molecule has 94 valence electrons. The predicted octanol–water partition coefficient (Wildman–Crippen LogP) is 2.43.